The molecule has 8 heterocycles. The number of nitrogens with two attached hydrogens (primary N) is 2. The SMILES string of the molecule is CN[C@H](CC(C)C)C(=O)N[C@H]1C(=O)N[C@@H](CC(N)=O)C(=O)N[C@H]2C(=O)N[C@H]3C(=O)N[C@H](C(=O)N[C@H](C(=O)O)c4cc(O)cc(O)c4-c4cc3ccc4O)[C@H](O[C@H]3C[C@](C)(N)[C@@H](O)[C@H](C)O3)c3ccc(c(Cl)c3)Oc3cc2cc(c3O[C@@H]2O[C@H](CO)[C@@H](O)[C@H](O)[C@H]2O[C@H]2C[C@@H](O)[C@H](O)[C@H](C)O2)Oc2ccc(cc2)[C@H]1O. The first-order valence-electron chi connectivity index (χ1n) is 34.8. The molecule has 8 aliphatic heterocycles. The summed E-state index contributed by atoms with van der Waals surface area (Å²) >= 11 is 7.32. The molecule has 109 heavy (non-hydrogen) atoms. The molecule has 0 spiro atoms. The molecule has 0 saturated carbocycles. The van der Waals surface area contributed by atoms with Gasteiger partial charge in [-0.3, -0.25) is 33.6 Å². The maximum Gasteiger partial charge on any atom is 0.330 e. The number of nitrogens with one attached hydrogen (secondary N) is 7. The molecule has 13 rings (SSSR count). The molecule has 3 fully saturated rings. The number of carbonyl (C=O) groups is 8. The van der Waals surface area contributed by atoms with Crippen molar-refractivity contribution in [1.82, 2.24) is 37.2 Å². The second kappa shape index (κ2) is 32.9. The van der Waals surface area contributed by atoms with Crippen LogP contribution in [0.1, 0.15) is 118 Å². The van der Waals surface area contributed by atoms with E-state index >= 15 is 19.2 Å². The minimum atomic E-state index is -2.35. The molecule has 0 aliphatic carbocycles. The number of amides is 7. The van der Waals surface area contributed by atoms with Crippen LogP contribution in [0.25, 0.3) is 11.1 Å². The number of ether oxygens (including phenoxy) is 8. The lowest BCUT2D eigenvalue weighted by molar-refractivity contribution is -0.335. The van der Waals surface area contributed by atoms with Crippen LogP contribution in [0.5, 0.6) is 46.0 Å². The molecule has 22 atom stereocenters. The van der Waals surface area contributed by atoms with E-state index in [4.69, 9.17) is 61.0 Å². The van der Waals surface area contributed by atoms with Gasteiger partial charge in [-0.05, 0) is 117 Å². The average molecular weight is 1540 g/mol. The zero-order chi connectivity index (χ0) is 79.1. The Morgan fingerprint density at radius 1 is 0.697 bits per heavy atom. The van der Waals surface area contributed by atoms with Gasteiger partial charge in [0.15, 0.2) is 36.2 Å². The summed E-state index contributed by atoms with van der Waals surface area (Å²) in [4.78, 5) is 119. The fourth-order valence-corrected chi connectivity index (χ4v) is 14.1. The third-order valence-electron chi connectivity index (χ3n) is 19.7. The number of aromatic hydroxyl groups is 3. The molecule has 8 aliphatic rings. The highest BCUT2D eigenvalue weighted by Gasteiger charge is 2.51. The third kappa shape index (κ3) is 17.4. The number of aliphatic hydroxyl groups excluding tert-OH is 7. The van der Waals surface area contributed by atoms with Crippen molar-refractivity contribution in [2.24, 2.45) is 17.4 Å². The molecule has 3 saturated heterocycles. The van der Waals surface area contributed by atoms with E-state index in [2.05, 4.69) is 37.2 Å². The largest absolute Gasteiger partial charge is 0.508 e. The Labute approximate surface area is 626 Å². The minimum absolute atomic E-state index is 0.0636. The predicted molar refractivity (Wildman–Crippen MR) is 374 cm³/mol. The summed E-state index contributed by atoms with van der Waals surface area (Å²) in [7, 11) is 1.48. The van der Waals surface area contributed by atoms with E-state index in [1.54, 1.807) is 0 Å². The fourth-order valence-electron chi connectivity index (χ4n) is 13.9. The van der Waals surface area contributed by atoms with Crippen LogP contribution in [0.2, 0.25) is 5.02 Å². The maximum atomic E-state index is 16.3. The maximum absolute atomic E-state index is 16.3. The zero-order valence-electron chi connectivity index (χ0n) is 59.3. The number of fused-ring (bicyclic) bond motifs is 15. The summed E-state index contributed by atoms with van der Waals surface area (Å²) in [6, 6.07) is 1.32. The monoisotopic (exact) mass is 1540 g/mol. The van der Waals surface area contributed by atoms with Crippen molar-refractivity contribution in [3.05, 3.63) is 118 Å². The van der Waals surface area contributed by atoms with Crippen molar-refractivity contribution in [3.63, 3.8) is 0 Å². The lowest BCUT2D eigenvalue weighted by atomic mass is 9.86. The van der Waals surface area contributed by atoms with Crippen molar-refractivity contribution in [1.29, 1.82) is 0 Å². The second-order valence-corrected chi connectivity index (χ2v) is 28.7. The molecule has 22 N–H and O–H groups in total. The number of carbonyl (C=O) groups excluding carboxylic acids is 7. The average Bonchev–Trinajstić information content (AvgIpc) is 0.765. The highest BCUT2D eigenvalue weighted by atomic mass is 35.5. The van der Waals surface area contributed by atoms with Crippen LogP contribution >= 0.6 is 11.6 Å². The summed E-state index contributed by atoms with van der Waals surface area (Å²) in [5, 5.41) is 142. The van der Waals surface area contributed by atoms with Crippen LogP contribution in [0.15, 0.2) is 84.9 Å². The number of phenols is 3. The van der Waals surface area contributed by atoms with E-state index in [0.29, 0.717) is 0 Å². The van der Waals surface area contributed by atoms with Crippen molar-refractivity contribution in [3.8, 4) is 57.1 Å². The molecule has 37 heteroatoms. The topological polar surface area (TPSA) is 569 Å². The van der Waals surface area contributed by atoms with Gasteiger partial charge in [0, 0.05) is 41.1 Å². The molecule has 5 aromatic rings. The third-order valence-corrected chi connectivity index (χ3v) is 19.9. The number of aliphatic carboxylic acids is 1. The quantitative estimate of drug-likeness (QED) is 0.0618. The van der Waals surface area contributed by atoms with E-state index in [0.717, 1.165) is 42.5 Å². The standard InChI is InChI=1S/C72H86ClN9O27/c1-26(2)15-38(76-6)64(94)81-54-57(90)29-7-11-34(12-8-29)104-44-18-32-19-45(61(44)109-71-62(59(92)58(91)46(25-83)106-71)107-48-23-42(87)56(89)27(3)102-48)105-43-14-10-31(17-37(43)73)60(108-49-24-72(5,75)63(93)28(4)103-49)55-69(99)80-53(70(100)101)36-20-33(84)21-41(86)50(36)35-16-30(9-13-40(35)85)51(66(96)82-55)79-67(97)52(32)78-65(95)39(22-47(74)88)77-68(54)98/h7-14,16-21,26-28,38-39,42,46,48-49,51-60,62-63,71,76,83-87,89-93H,15,22-25,75H2,1-6H3,(H2,74,88)(H,77,98)(H,78,95)(H,79,97)(H,80,99)(H,81,94)(H,82,96)(H,100,101)/t27-,28-,38+,39-,42+,46+,48-,49-,51+,52+,53-,54+,55-,56+,57+,58+,59-,60+,62+,63-,71-,72-/m0/s1. The number of primary amides is 1. The van der Waals surface area contributed by atoms with Crippen LogP contribution in [0.4, 0.5) is 0 Å². The smallest absolute Gasteiger partial charge is 0.330 e. The Morgan fingerprint density at radius 3 is 1.99 bits per heavy atom. The number of carboxylic acids is 1. The van der Waals surface area contributed by atoms with E-state index in [-0.39, 0.29) is 46.9 Å². The normalized spacial score (nSPS) is 31.7. The van der Waals surface area contributed by atoms with Crippen LogP contribution < -0.4 is 62.9 Å². The predicted octanol–water partition coefficient (Wildman–Crippen LogP) is -0.666. The molecule has 588 valence electrons. The molecular formula is C72H86ClN9O27. The first-order chi connectivity index (χ1) is 51.5. The number of aliphatic hydroxyl groups is 7. The van der Waals surface area contributed by atoms with Crippen molar-refractivity contribution < 1.29 is 132 Å². The van der Waals surface area contributed by atoms with Gasteiger partial charge in [0.25, 0.3) is 0 Å². The first-order valence-corrected chi connectivity index (χ1v) is 35.2. The molecular weight excluding hydrogens is 1460 g/mol. The molecule has 5 aromatic carbocycles. The minimum Gasteiger partial charge on any atom is -0.508 e. The summed E-state index contributed by atoms with van der Waals surface area (Å²) in [5.41, 5.74) is 8.32. The van der Waals surface area contributed by atoms with Gasteiger partial charge in [-0.15, -0.1) is 0 Å². The van der Waals surface area contributed by atoms with Gasteiger partial charge in [-0.2, -0.15) is 0 Å². The summed E-state index contributed by atoms with van der Waals surface area (Å²) in [5.74, 6) is -15.6. The molecule has 36 nitrogen and oxygen atoms in total. The molecule has 0 unspecified atom stereocenters. The Hall–Kier alpha value is -9.61. The lowest BCUT2D eigenvalue weighted by Gasteiger charge is -2.44. The first kappa shape index (κ1) is 80.4. The fraction of sp³-hybridized carbons (Fsp3) is 0.472. The summed E-state index contributed by atoms with van der Waals surface area (Å²) in [6.07, 6.45) is -24.6. The van der Waals surface area contributed by atoms with Gasteiger partial charge in [0.1, 0.15) is 95.6 Å². The Balaban J connectivity index is 1.18. The number of hydrogen-bond acceptors (Lipinski definition) is 28. The van der Waals surface area contributed by atoms with Gasteiger partial charge >= 0.3 is 5.97 Å². The van der Waals surface area contributed by atoms with Gasteiger partial charge in [-0.25, -0.2) is 4.79 Å². The van der Waals surface area contributed by atoms with Gasteiger partial charge < -0.3 is 143 Å². The number of carboxylic acid groups (broad SMARTS) is 1. The van der Waals surface area contributed by atoms with E-state index < -0.39 is 262 Å². The van der Waals surface area contributed by atoms with Crippen LogP contribution in [-0.4, -0.2) is 221 Å². The number of likely N-dealkylation sites (N-methyl/N-ethyl adjacent to an activating group) is 1. The summed E-state index contributed by atoms with van der Waals surface area (Å²) < 4.78 is 51.2. The highest BCUT2D eigenvalue weighted by Crippen LogP contribution is 2.50. The number of halogens is 1. The molecule has 7 amide bonds. The summed E-state index contributed by atoms with van der Waals surface area (Å²) in [6.45, 7) is 7.01. The van der Waals surface area contributed by atoms with E-state index in [1.807, 2.05) is 13.8 Å². The van der Waals surface area contributed by atoms with Crippen molar-refractivity contribution >= 4 is 58.9 Å². The van der Waals surface area contributed by atoms with Crippen LogP contribution in [0, 0.1) is 5.92 Å². The Bertz CT molecular complexity index is 4280. The van der Waals surface area contributed by atoms with Crippen molar-refractivity contribution in [2.75, 3.05) is 13.7 Å². The second-order valence-electron chi connectivity index (χ2n) is 28.3. The van der Waals surface area contributed by atoms with Gasteiger partial charge in [0.2, 0.25) is 53.4 Å². The van der Waals surface area contributed by atoms with E-state index in [9.17, 15) is 75.3 Å². The van der Waals surface area contributed by atoms with Crippen LogP contribution in [0.3, 0.4) is 0 Å². The van der Waals surface area contributed by atoms with Gasteiger partial charge in [0.05, 0.1) is 48.5 Å². The Kier molecular flexibility index (Phi) is 24.3. The number of phenolic OH excluding ortho intramolecular Hbond substituents is 3. The van der Waals surface area contributed by atoms with Gasteiger partial charge in [-0.1, -0.05) is 49.7 Å². The van der Waals surface area contributed by atoms with Crippen molar-refractivity contribution in [2.45, 2.75) is 194 Å². The lowest BCUT2D eigenvalue weighted by Crippen LogP contribution is -2.62. The molecule has 0 radical (unpaired) electrons. The Morgan fingerprint density at radius 2 is 1.35 bits per heavy atom. The molecule has 11 bridgehead atoms. The number of rotatable bonds is 15. The molecule has 0 aromatic heterocycles. The van der Waals surface area contributed by atoms with Crippen LogP contribution in [-0.2, 0) is 62.0 Å². The zero-order valence-corrected chi connectivity index (χ0v) is 60.1. The number of benzene rings is 5. The highest BCUT2D eigenvalue weighted by molar-refractivity contribution is 6.32. The number of hydrogen-bond donors (Lipinski definition) is 20. The van der Waals surface area contributed by atoms with E-state index in [1.165, 1.54) is 70.3 Å².